The molecule has 3 rings (SSSR count). The number of carbonyl (C=O) groups is 2. The first-order valence-corrected chi connectivity index (χ1v) is 9.22. The van der Waals surface area contributed by atoms with E-state index in [9.17, 15) is 18.0 Å². The first-order valence-electron chi connectivity index (χ1n) is 7.73. The summed E-state index contributed by atoms with van der Waals surface area (Å²) >= 11 is 0. The van der Waals surface area contributed by atoms with E-state index in [2.05, 4.69) is 9.71 Å². The van der Waals surface area contributed by atoms with Crippen LogP contribution in [0.5, 0.6) is 0 Å². The molecule has 1 aliphatic rings. The fraction of sp³-hybridized carbons (Fsp3) is 0.235. The molecule has 1 fully saturated rings. The Bertz CT molecular complexity index is 910. The molecule has 2 amide bonds. The summed E-state index contributed by atoms with van der Waals surface area (Å²) in [4.78, 5) is 28.8. The quantitative estimate of drug-likeness (QED) is 0.817. The molecular formula is C17H17N3O4S. The van der Waals surface area contributed by atoms with E-state index in [1.54, 1.807) is 31.5 Å². The summed E-state index contributed by atoms with van der Waals surface area (Å²) in [6.07, 6.45) is 3.57. The Morgan fingerprint density at radius 3 is 2.48 bits per heavy atom. The van der Waals surface area contributed by atoms with E-state index >= 15 is 0 Å². The number of imide groups is 1. The Labute approximate surface area is 145 Å². The fourth-order valence-corrected chi connectivity index (χ4v) is 3.76. The SMILES string of the molecule is Cc1cc(S(=O)(=O)NCc2cccnc2)ccc1N1C(=O)CCC1=O. The number of aromatic nitrogens is 1. The Morgan fingerprint density at radius 1 is 1.16 bits per heavy atom. The summed E-state index contributed by atoms with van der Waals surface area (Å²) in [5.41, 5.74) is 1.72. The molecule has 0 unspecified atom stereocenters. The molecule has 2 heterocycles. The molecular weight excluding hydrogens is 342 g/mol. The third-order valence-electron chi connectivity index (χ3n) is 3.96. The number of rotatable bonds is 5. The van der Waals surface area contributed by atoms with Crippen molar-refractivity contribution in [1.82, 2.24) is 9.71 Å². The minimum Gasteiger partial charge on any atom is -0.274 e. The number of aryl methyl sites for hydroxylation is 1. The number of carbonyl (C=O) groups excluding carboxylic acids is 2. The summed E-state index contributed by atoms with van der Waals surface area (Å²) in [7, 11) is -3.71. The van der Waals surface area contributed by atoms with Gasteiger partial charge in [-0.05, 0) is 42.3 Å². The van der Waals surface area contributed by atoms with Gasteiger partial charge in [-0.25, -0.2) is 13.1 Å². The average molecular weight is 359 g/mol. The van der Waals surface area contributed by atoms with Crippen LogP contribution < -0.4 is 9.62 Å². The second-order valence-corrected chi connectivity index (χ2v) is 7.52. The van der Waals surface area contributed by atoms with Crippen LogP contribution in [0.25, 0.3) is 0 Å². The van der Waals surface area contributed by atoms with Gasteiger partial charge in [0, 0.05) is 31.8 Å². The molecule has 8 heteroatoms. The summed E-state index contributed by atoms with van der Waals surface area (Å²) < 4.78 is 27.4. The first kappa shape index (κ1) is 17.2. The monoisotopic (exact) mass is 359 g/mol. The van der Waals surface area contributed by atoms with Crippen LogP contribution in [0.4, 0.5) is 5.69 Å². The van der Waals surface area contributed by atoms with E-state index in [-0.39, 0.29) is 36.1 Å². The Hall–Kier alpha value is -2.58. The molecule has 0 bridgehead atoms. The van der Waals surface area contributed by atoms with E-state index in [4.69, 9.17) is 0 Å². The van der Waals surface area contributed by atoms with Crippen molar-refractivity contribution in [2.75, 3.05) is 4.90 Å². The molecule has 0 spiro atoms. The summed E-state index contributed by atoms with van der Waals surface area (Å²) in [6, 6.07) is 7.85. The van der Waals surface area contributed by atoms with Crippen molar-refractivity contribution in [3.63, 3.8) is 0 Å². The van der Waals surface area contributed by atoms with Crippen LogP contribution in [0.3, 0.4) is 0 Å². The van der Waals surface area contributed by atoms with Crippen LogP contribution in [0.15, 0.2) is 47.6 Å². The van der Waals surface area contributed by atoms with Gasteiger partial charge in [-0.3, -0.25) is 19.5 Å². The maximum atomic E-state index is 12.4. The van der Waals surface area contributed by atoms with Crippen LogP contribution in [0, 0.1) is 6.92 Å². The van der Waals surface area contributed by atoms with E-state index in [0.717, 1.165) is 10.5 Å². The molecule has 1 aromatic heterocycles. The number of hydrogen-bond acceptors (Lipinski definition) is 5. The number of sulfonamides is 1. The third-order valence-corrected chi connectivity index (χ3v) is 5.36. The lowest BCUT2D eigenvalue weighted by molar-refractivity contribution is -0.121. The van der Waals surface area contributed by atoms with Gasteiger partial charge >= 0.3 is 0 Å². The van der Waals surface area contributed by atoms with Crippen LogP contribution in [-0.2, 0) is 26.2 Å². The van der Waals surface area contributed by atoms with Crippen molar-refractivity contribution in [1.29, 1.82) is 0 Å². The van der Waals surface area contributed by atoms with Crippen molar-refractivity contribution in [2.45, 2.75) is 31.2 Å². The van der Waals surface area contributed by atoms with Crippen molar-refractivity contribution in [2.24, 2.45) is 0 Å². The van der Waals surface area contributed by atoms with Crippen LogP contribution in [0.2, 0.25) is 0 Å². The smallest absolute Gasteiger partial charge is 0.240 e. The zero-order chi connectivity index (χ0) is 18.0. The number of nitrogens with zero attached hydrogens (tertiary/aromatic N) is 2. The van der Waals surface area contributed by atoms with E-state index < -0.39 is 10.0 Å². The fourth-order valence-electron chi connectivity index (χ4n) is 2.66. The van der Waals surface area contributed by atoms with Crippen LogP contribution in [-0.4, -0.2) is 25.2 Å². The normalized spacial score (nSPS) is 15.0. The molecule has 2 aromatic rings. The summed E-state index contributed by atoms with van der Waals surface area (Å²) in [6.45, 7) is 1.80. The molecule has 0 radical (unpaired) electrons. The topological polar surface area (TPSA) is 96.4 Å². The highest BCUT2D eigenvalue weighted by Gasteiger charge is 2.31. The van der Waals surface area contributed by atoms with Gasteiger partial charge in [0.1, 0.15) is 0 Å². The Balaban J connectivity index is 1.82. The number of pyridine rings is 1. The first-order chi connectivity index (χ1) is 11.9. The summed E-state index contributed by atoms with van der Waals surface area (Å²) in [5, 5.41) is 0. The van der Waals surface area contributed by atoms with Gasteiger partial charge in [-0.2, -0.15) is 0 Å². The molecule has 25 heavy (non-hydrogen) atoms. The molecule has 0 atom stereocenters. The Morgan fingerprint density at radius 2 is 1.88 bits per heavy atom. The molecule has 0 aliphatic carbocycles. The molecule has 1 saturated heterocycles. The van der Waals surface area contributed by atoms with Gasteiger partial charge in [-0.1, -0.05) is 6.07 Å². The van der Waals surface area contributed by atoms with E-state index in [1.165, 1.54) is 18.2 Å². The average Bonchev–Trinajstić information content (AvgIpc) is 2.93. The molecule has 1 aromatic carbocycles. The molecule has 0 saturated carbocycles. The molecule has 130 valence electrons. The van der Waals surface area contributed by atoms with Gasteiger partial charge < -0.3 is 0 Å². The highest BCUT2D eigenvalue weighted by molar-refractivity contribution is 7.89. The lowest BCUT2D eigenvalue weighted by Gasteiger charge is -2.17. The molecule has 1 N–H and O–H groups in total. The molecule has 1 aliphatic heterocycles. The van der Waals surface area contributed by atoms with E-state index in [1.807, 2.05) is 0 Å². The second-order valence-electron chi connectivity index (χ2n) is 5.76. The highest BCUT2D eigenvalue weighted by Crippen LogP contribution is 2.28. The second kappa shape index (κ2) is 6.73. The number of hydrogen-bond donors (Lipinski definition) is 1. The van der Waals surface area contributed by atoms with Gasteiger partial charge in [-0.15, -0.1) is 0 Å². The van der Waals surface area contributed by atoms with Crippen molar-refractivity contribution >= 4 is 27.5 Å². The van der Waals surface area contributed by atoms with Crippen LogP contribution in [0.1, 0.15) is 24.0 Å². The maximum Gasteiger partial charge on any atom is 0.240 e. The van der Waals surface area contributed by atoms with Gasteiger partial charge in [0.15, 0.2) is 0 Å². The van der Waals surface area contributed by atoms with Gasteiger partial charge in [0.05, 0.1) is 10.6 Å². The number of amides is 2. The standard InChI is InChI=1S/C17H17N3O4S/c1-12-9-14(4-5-15(12)20-16(21)6-7-17(20)22)25(23,24)19-11-13-3-2-8-18-10-13/h2-5,8-10,19H,6-7,11H2,1H3. The van der Waals surface area contributed by atoms with Crippen LogP contribution >= 0.6 is 0 Å². The number of benzene rings is 1. The lowest BCUT2D eigenvalue weighted by atomic mass is 10.2. The van der Waals surface area contributed by atoms with Gasteiger partial charge in [0.25, 0.3) is 0 Å². The zero-order valence-electron chi connectivity index (χ0n) is 13.6. The molecule has 7 nitrogen and oxygen atoms in total. The van der Waals surface area contributed by atoms with E-state index in [0.29, 0.717) is 11.3 Å². The lowest BCUT2D eigenvalue weighted by Crippen LogP contribution is -2.29. The van der Waals surface area contributed by atoms with Gasteiger partial charge in [0.2, 0.25) is 21.8 Å². The zero-order valence-corrected chi connectivity index (χ0v) is 14.4. The maximum absolute atomic E-state index is 12.4. The van der Waals surface area contributed by atoms with Crippen molar-refractivity contribution in [3.05, 3.63) is 53.9 Å². The highest BCUT2D eigenvalue weighted by atomic mass is 32.2. The number of anilines is 1. The largest absolute Gasteiger partial charge is 0.274 e. The van der Waals surface area contributed by atoms with Crippen molar-refractivity contribution < 1.29 is 18.0 Å². The third kappa shape index (κ3) is 3.59. The van der Waals surface area contributed by atoms with Crippen molar-refractivity contribution in [3.8, 4) is 0 Å². The minimum absolute atomic E-state index is 0.0803. The number of nitrogens with one attached hydrogen (secondary N) is 1. The Kier molecular flexibility index (Phi) is 4.65. The summed E-state index contributed by atoms with van der Waals surface area (Å²) in [5.74, 6) is -0.531. The predicted octanol–water partition coefficient (Wildman–Crippen LogP) is 1.52. The predicted molar refractivity (Wildman–Crippen MR) is 91.2 cm³/mol. The minimum atomic E-state index is -3.71.